The highest BCUT2D eigenvalue weighted by molar-refractivity contribution is 6.62. The van der Waals surface area contributed by atoms with E-state index in [-0.39, 0.29) is 30.6 Å². The van der Waals surface area contributed by atoms with Gasteiger partial charge < -0.3 is 34.4 Å². The van der Waals surface area contributed by atoms with Gasteiger partial charge in [-0.1, -0.05) is 127 Å². The largest absolute Gasteiger partial charge is 0.492 e. The Morgan fingerprint density at radius 1 is 0.667 bits per heavy atom. The lowest BCUT2D eigenvalue weighted by molar-refractivity contribution is 0.101. The predicted molar refractivity (Wildman–Crippen MR) is 207 cm³/mol. The zero-order valence-electron chi connectivity index (χ0n) is 30.7. The van der Waals surface area contributed by atoms with Crippen LogP contribution in [0.2, 0.25) is 0 Å². The Morgan fingerprint density at radius 2 is 1.24 bits per heavy atom. The van der Waals surface area contributed by atoms with Crippen LogP contribution in [-0.4, -0.2) is 48.8 Å². The number of carbonyl (C=O) groups is 1. The van der Waals surface area contributed by atoms with E-state index in [0.717, 1.165) is 45.2 Å². The maximum atomic E-state index is 12.1. The van der Waals surface area contributed by atoms with E-state index in [1.54, 1.807) is 12.1 Å². The van der Waals surface area contributed by atoms with Crippen LogP contribution in [0.4, 0.5) is 5.69 Å². The van der Waals surface area contributed by atoms with Crippen molar-refractivity contribution in [1.29, 1.82) is 0 Å². The Balaban J connectivity index is 0.000000156. The van der Waals surface area contributed by atoms with Gasteiger partial charge in [-0.05, 0) is 74.9 Å². The highest BCUT2D eigenvalue weighted by atomic mass is 16.5. The van der Waals surface area contributed by atoms with Crippen molar-refractivity contribution < 1.29 is 33.8 Å². The van der Waals surface area contributed by atoms with Crippen LogP contribution in [0.5, 0.6) is 0 Å². The number of ketones is 1. The van der Waals surface area contributed by atoms with Gasteiger partial charge in [0.2, 0.25) is 0 Å². The van der Waals surface area contributed by atoms with Gasteiger partial charge >= 0.3 is 21.4 Å². The Labute approximate surface area is 304 Å². The minimum atomic E-state index is -0.899. The molecule has 0 aliphatic carbocycles. The van der Waals surface area contributed by atoms with Crippen LogP contribution in [0, 0.1) is 11.8 Å². The summed E-state index contributed by atoms with van der Waals surface area (Å²) in [7, 11) is -2.36. The number of nitrogens with one attached hydrogen (secondary N) is 1. The standard InChI is InChI=1S/C18H20BNO3.C12H17BO2.C10H13BO2/c1-12(2)18-15-9-8-14(10-16(15)19(22)23-18)20-11-17(21)13-6-4-3-5-7-13;1-4-12-10-7-9(8(2)3)5-6-11(10)13(14)15-12;1-7(2)10-8-5-3-4-6-9(8)11(12)13-10/h3-10,12,18,20,22H,11H2,1-2H3;5-8,12,14H,4H2,1-3H3;3-7,10,12H,1-2H3. The number of hydrogen-bond donors (Lipinski definition) is 4. The molecule has 0 amide bonds. The molecular formula is C40H50B3NO7. The molecule has 0 spiro atoms. The molecule has 3 unspecified atom stereocenters. The van der Waals surface area contributed by atoms with Crippen molar-refractivity contribution in [2.45, 2.75) is 79.1 Å². The fourth-order valence-electron chi connectivity index (χ4n) is 6.74. The second kappa shape index (κ2) is 17.2. The Morgan fingerprint density at radius 3 is 1.86 bits per heavy atom. The van der Waals surface area contributed by atoms with Crippen LogP contribution < -0.4 is 21.7 Å². The van der Waals surface area contributed by atoms with Crippen molar-refractivity contribution in [3.8, 4) is 0 Å². The van der Waals surface area contributed by atoms with Crippen molar-refractivity contribution in [2.75, 3.05) is 11.9 Å². The monoisotopic (exact) mass is 689 g/mol. The van der Waals surface area contributed by atoms with Gasteiger partial charge in [-0.25, -0.2) is 0 Å². The molecule has 4 aromatic rings. The Hall–Kier alpha value is -3.70. The molecule has 11 heteroatoms. The van der Waals surface area contributed by atoms with Crippen LogP contribution in [0.15, 0.2) is 91.0 Å². The molecule has 3 atom stereocenters. The molecule has 51 heavy (non-hydrogen) atoms. The first-order valence-corrected chi connectivity index (χ1v) is 18.1. The van der Waals surface area contributed by atoms with Crippen LogP contribution in [-0.2, 0) is 14.0 Å². The second-order valence-electron chi connectivity index (χ2n) is 14.3. The molecule has 8 nitrogen and oxygen atoms in total. The van der Waals surface area contributed by atoms with Gasteiger partial charge in [-0.2, -0.15) is 0 Å². The second-order valence-corrected chi connectivity index (χ2v) is 14.3. The normalized spacial score (nSPS) is 18.6. The van der Waals surface area contributed by atoms with E-state index in [4.69, 9.17) is 14.0 Å². The van der Waals surface area contributed by atoms with Gasteiger partial charge in [0.1, 0.15) is 0 Å². The summed E-state index contributed by atoms with van der Waals surface area (Å²) >= 11 is 0. The third-order valence-corrected chi connectivity index (χ3v) is 9.59. The smallest absolute Gasteiger partial charge is 0.423 e. The molecule has 4 aromatic carbocycles. The van der Waals surface area contributed by atoms with E-state index in [0.29, 0.717) is 23.3 Å². The lowest BCUT2D eigenvalue weighted by Gasteiger charge is -2.16. The molecule has 7 rings (SSSR count). The molecule has 0 radical (unpaired) electrons. The maximum absolute atomic E-state index is 12.1. The van der Waals surface area contributed by atoms with Gasteiger partial charge in [0, 0.05) is 11.3 Å². The molecule has 0 aromatic heterocycles. The SMILES string of the molecule is CC(C)C1OB(O)c2cc(NCC(=O)c3ccccc3)ccc21.CC(C)C1OB(O)c2ccccc21.CCC1OB(O)c2ccc(C(C)C)cc21. The minimum Gasteiger partial charge on any atom is -0.423 e. The Kier molecular flexibility index (Phi) is 13.0. The highest BCUT2D eigenvalue weighted by Gasteiger charge is 2.37. The fraction of sp³-hybridized carbons (Fsp3) is 0.375. The summed E-state index contributed by atoms with van der Waals surface area (Å²) in [5.74, 6) is 1.25. The number of carbonyl (C=O) groups excluding carboxylic acids is 1. The molecule has 0 fully saturated rings. The zero-order chi connectivity index (χ0) is 36.8. The molecule has 0 saturated heterocycles. The van der Waals surface area contributed by atoms with Gasteiger partial charge in [0.15, 0.2) is 5.78 Å². The lowest BCUT2D eigenvalue weighted by atomic mass is 9.78. The van der Waals surface area contributed by atoms with Crippen molar-refractivity contribution in [2.24, 2.45) is 11.8 Å². The first-order chi connectivity index (χ1) is 24.4. The van der Waals surface area contributed by atoms with E-state index in [2.05, 4.69) is 65.9 Å². The van der Waals surface area contributed by atoms with Crippen LogP contribution >= 0.6 is 0 Å². The minimum absolute atomic E-state index is 0.0305. The van der Waals surface area contributed by atoms with E-state index in [9.17, 15) is 19.9 Å². The Bertz CT molecular complexity index is 1770. The summed E-state index contributed by atoms with van der Waals surface area (Å²) in [6.45, 7) is 15.0. The number of anilines is 1. The van der Waals surface area contributed by atoms with E-state index in [1.807, 2.05) is 66.7 Å². The van der Waals surface area contributed by atoms with Crippen LogP contribution in [0.25, 0.3) is 0 Å². The third-order valence-electron chi connectivity index (χ3n) is 9.59. The number of benzene rings is 4. The maximum Gasteiger partial charge on any atom is 0.492 e. The van der Waals surface area contributed by atoms with E-state index in [1.165, 1.54) is 5.56 Å². The summed E-state index contributed by atoms with van der Waals surface area (Å²) in [4.78, 5) is 12.1. The van der Waals surface area contributed by atoms with Crippen molar-refractivity contribution in [3.05, 3.63) is 119 Å². The molecule has 3 aliphatic rings. The molecule has 0 bridgehead atoms. The quantitative estimate of drug-likeness (QED) is 0.142. The van der Waals surface area contributed by atoms with Crippen LogP contribution in [0.1, 0.15) is 112 Å². The number of rotatable bonds is 8. The molecule has 4 N–H and O–H groups in total. The number of fused-ring (bicyclic) bond motifs is 3. The molecule has 266 valence electrons. The summed E-state index contributed by atoms with van der Waals surface area (Å²) < 4.78 is 16.5. The lowest BCUT2D eigenvalue weighted by Crippen LogP contribution is -2.28. The fourth-order valence-corrected chi connectivity index (χ4v) is 6.74. The molecule has 3 heterocycles. The number of hydrogen-bond acceptors (Lipinski definition) is 8. The molecule has 0 saturated carbocycles. The third kappa shape index (κ3) is 9.03. The van der Waals surface area contributed by atoms with Crippen LogP contribution in [0.3, 0.4) is 0 Å². The van der Waals surface area contributed by atoms with E-state index < -0.39 is 21.4 Å². The van der Waals surface area contributed by atoms with Crippen molar-refractivity contribution >= 4 is 49.2 Å². The molecular weight excluding hydrogens is 639 g/mol. The highest BCUT2D eigenvalue weighted by Crippen LogP contribution is 2.32. The molecule has 3 aliphatic heterocycles. The predicted octanol–water partition coefficient (Wildman–Crippen LogP) is 5.48. The summed E-state index contributed by atoms with van der Waals surface area (Å²) in [6, 6.07) is 29.0. The average Bonchev–Trinajstić information content (AvgIpc) is 3.77. The van der Waals surface area contributed by atoms with Gasteiger partial charge in [0.05, 0.1) is 24.9 Å². The van der Waals surface area contributed by atoms with Gasteiger partial charge in [-0.15, -0.1) is 0 Å². The number of Topliss-reactive ketones (excluding diaryl/α,β-unsaturated/α-hetero) is 1. The first kappa shape index (κ1) is 38.5. The van der Waals surface area contributed by atoms with Crippen molar-refractivity contribution in [3.63, 3.8) is 0 Å². The average molecular weight is 689 g/mol. The van der Waals surface area contributed by atoms with E-state index >= 15 is 0 Å². The summed E-state index contributed by atoms with van der Waals surface area (Å²) in [6.07, 6.45) is 0.936. The first-order valence-electron chi connectivity index (χ1n) is 18.1. The summed E-state index contributed by atoms with van der Waals surface area (Å²) in [5.41, 5.74) is 8.75. The van der Waals surface area contributed by atoms with Gasteiger partial charge in [0.25, 0.3) is 0 Å². The van der Waals surface area contributed by atoms with Crippen molar-refractivity contribution in [1.82, 2.24) is 0 Å². The topological polar surface area (TPSA) is 117 Å². The summed E-state index contributed by atoms with van der Waals surface area (Å²) in [5, 5.41) is 32.5. The van der Waals surface area contributed by atoms with Gasteiger partial charge in [-0.3, -0.25) is 4.79 Å². The zero-order valence-corrected chi connectivity index (χ0v) is 30.7.